The number of hydrogen-bond acceptors (Lipinski definition) is 10. The van der Waals surface area contributed by atoms with Gasteiger partial charge < -0.3 is 20.1 Å². The predicted octanol–water partition coefficient (Wildman–Crippen LogP) is 4.36. The van der Waals surface area contributed by atoms with Crippen LogP contribution in [0, 0.1) is 12.7 Å². The van der Waals surface area contributed by atoms with E-state index < -0.39 is 25.9 Å². The first-order chi connectivity index (χ1) is 21.4. The molecule has 0 spiro atoms. The van der Waals surface area contributed by atoms with Crippen LogP contribution in [0.1, 0.15) is 5.56 Å². The first-order valence-corrected chi connectivity index (χ1v) is 16.7. The maximum atomic E-state index is 14.8. The second kappa shape index (κ2) is 13.1. The molecule has 3 aromatic carbocycles. The molecule has 15 heteroatoms. The van der Waals surface area contributed by atoms with E-state index in [1.807, 2.05) is 13.0 Å². The van der Waals surface area contributed by atoms with Crippen molar-refractivity contribution in [3.63, 3.8) is 0 Å². The lowest BCUT2D eigenvalue weighted by Crippen LogP contribution is -2.40. The van der Waals surface area contributed by atoms with Crippen molar-refractivity contribution in [3.8, 4) is 16.9 Å². The summed E-state index contributed by atoms with van der Waals surface area (Å²) in [5.74, 6) is -0.538. The van der Waals surface area contributed by atoms with Crippen molar-refractivity contribution in [2.45, 2.75) is 16.7 Å². The Morgan fingerprint density at radius 2 is 1.64 bits per heavy atom. The fraction of sp³-hybridized carbons (Fsp3) is 0.267. The number of morpholine rings is 1. The predicted molar refractivity (Wildman–Crippen MR) is 169 cm³/mol. The summed E-state index contributed by atoms with van der Waals surface area (Å²) in [6.45, 7) is 3.25. The largest absolute Gasteiger partial charge is 0.495 e. The van der Waals surface area contributed by atoms with Crippen LogP contribution in [0.3, 0.4) is 0 Å². The minimum atomic E-state index is -3.82. The topological polar surface area (TPSA) is 143 Å². The number of aryl methyl sites for hydroxylation is 1. The van der Waals surface area contributed by atoms with E-state index in [4.69, 9.17) is 9.47 Å². The summed E-state index contributed by atoms with van der Waals surface area (Å²) in [5, 5.41) is 5.83. The molecular formula is C30H33FN6O6S2. The Morgan fingerprint density at radius 3 is 2.31 bits per heavy atom. The molecule has 1 aliphatic rings. The molecule has 0 amide bonds. The quantitative estimate of drug-likeness (QED) is 0.253. The Morgan fingerprint density at radius 1 is 0.956 bits per heavy atom. The van der Waals surface area contributed by atoms with E-state index >= 15 is 0 Å². The van der Waals surface area contributed by atoms with Crippen molar-refractivity contribution in [1.82, 2.24) is 18.6 Å². The van der Waals surface area contributed by atoms with Crippen LogP contribution in [0.15, 0.2) is 76.7 Å². The second-order valence-corrected chi connectivity index (χ2v) is 14.4. The monoisotopic (exact) mass is 656 g/mol. The van der Waals surface area contributed by atoms with Crippen LogP contribution in [-0.4, -0.2) is 82.9 Å². The number of methoxy groups -OCH3 is 1. The van der Waals surface area contributed by atoms with Gasteiger partial charge in [0.2, 0.25) is 26.0 Å². The zero-order valence-corrected chi connectivity index (χ0v) is 26.7. The molecular weight excluding hydrogens is 623 g/mol. The molecule has 12 nitrogen and oxygen atoms in total. The van der Waals surface area contributed by atoms with Gasteiger partial charge >= 0.3 is 0 Å². The maximum Gasteiger partial charge on any atom is 0.244 e. The van der Waals surface area contributed by atoms with Crippen molar-refractivity contribution in [3.05, 3.63) is 78.2 Å². The molecule has 0 bridgehead atoms. The molecule has 1 aromatic heterocycles. The second-order valence-electron chi connectivity index (χ2n) is 10.3. The van der Waals surface area contributed by atoms with Gasteiger partial charge in [0, 0.05) is 27.2 Å². The third-order valence-corrected chi connectivity index (χ3v) is 11.0. The van der Waals surface area contributed by atoms with Crippen LogP contribution in [0.4, 0.5) is 27.5 Å². The Kier molecular flexibility index (Phi) is 9.36. The summed E-state index contributed by atoms with van der Waals surface area (Å²) in [5.41, 5.74) is 3.09. The minimum absolute atomic E-state index is 0.0370. The molecule has 0 saturated carbocycles. The van der Waals surface area contributed by atoms with Gasteiger partial charge in [-0.15, -0.1) is 0 Å². The summed E-state index contributed by atoms with van der Waals surface area (Å²) in [6, 6.07) is 16.4. The summed E-state index contributed by atoms with van der Waals surface area (Å²) in [6.07, 6.45) is 0.973. The third-order valence-electron chi connectivity index (χ3n) is 7.21. The highest BCUT2D eigenvalue weighted by Gasteiger charge is 2.26. The van der Waals surface area contributed by atoms with Gasteiger partial charge in [0.1, 0.15) is 10.6 Å². The number of benzene rings is 3. The van der Waals surface area contributed by atoms with E-state index in [1.165, 1.54) is 37.6 Å². The molecule has 0 unspecified atom stereocenters. The summed E-state index contributed by atoms with van der Waals surface area (Å²) in [7, 11) is -3.13. The molecule has 0 aliphatic carbocycles. The minimum Gasteiger partial charge on any atom is -0.495 e. The molecule has 1 saturated heterocycles. The number of ether oxygens (including phenoxy) is 2. The van der Waals surface area contributed by atoms with Gasteiger partial charge in [-0.25, -0.2) is 30.5 Å². The summed E-state index contributed by atoms with van der Waals surface area (Å²) < 4.78 is 79.8. The van der Waals surface area contributed by atoms with E-state index in [1.54, 1.807) is 42.5 Å². The van der Waals surface area contributed by atoms with E-state index in [0.29, 0.717) is 37.7 Å². The Labute approximate surface area is 261 Å². The summed E-state index contributed by atoms with van der Waals surface area (Å²) in [4.78, 5) is 8.46. The lowest BCUT2D eigenvalue weighted by Gasteiger charge is -2.26. The molecule has 238 valence electrons. The molecule has 4 aromatic rings. The third kappa shape index (κ3) is 6.77. The van der Waals surface area contributed by atoms with Crippen molar-refractivity contribution in [1.29, 1.82) is 0 Å². The van der Waals surface area contributed by atoms with E-state index in [2.05, 4.69) is 20.6 Å². The van der Waals surface area contributed by atoms with Crippen molar-refractivity contribution in [2.24, 2.45) is 0 Å². The number of sulfonamides is 2. The average molecular weight is 657 g/mol. The number of halogens is 1. The first kappa shape index (κ1) is 32.2. The van der Waals surface area contributed by atoms with Crippen molar-refractivity contribution < 1.29 is 30.7 Å². The molecule has 1 fully saturated rings. The number of anilines is 4. The fourth-order valence-electron chi connectivity index (χ4n) is 4.76. The summed E-state index contributed by atoms with van der Waals surface area (Å²) >= 11 is 0. The molecule has 45 heavy (non-hydrogen) atoms. The van der Waals surface area contributed by atoms with Crippen LogP contribution in [-0.2, 0) is 24.8 Å². The average Bonchev–Trinajstić information content (AvgIpc) is 3.03. The Bertz CT molecular complexity index is 1920. The van der Waals surface area contributed by atoms with Crippen LogP contribution in [0.5, 0.6) is 5.75 Å². The number of nitrogens with zero attached hydrogens (tertiary/aromatic N) is 4. The lowest BCUT2D eigenvalue weighted by molar-refractivity contribution is 0.0730. The van der Waals surface area contributed by atoms with Crippen LogP contribution >= 0.6 is 0 Å². The zero-order valence-electron chi connectivity index (χ0n) is 25.1. The molecule has 0 atom stereocenters. The van der Waals surface area contributed by atoms with Gasteiger partial charge in [-0.1, -0.05) is 24.3 Å². The number of rotatable bonds is 10. The highest BCUT2D eigenvalue weighted by atomic mass is 32.2. The molecule has 2 N–H and O–H groups in total. The number of para-hydroxylation sites is 1. The van der Waals surface area contributed by atoms with Gasteiger partial charge in [0.05, 0.1) is 42.8 Å². The molecule has 2 heterocycles. The smallest absolute Gasteiger partial charge is 0.244 e. The van der Waals surface area contributed by atoms with Crippen LogP contribution in [0.25, 0.3) is 11.1 Å². The number of nitrogens with one attached hydrogen (secondary N) is 2. The van der Waals surface area contributed by atoms with E-state index in [-0.39, 0.29) is 27.2 Å². The van der Waals surface area contributed by atoms with Crippen LogP contribution < -0.4 is 15.4 Å². The first-order valence-electron chi connectivity index (χ1n) is 13.9. The Hall–Kier alpha value is -4.15. The van der Waals surface area contributed by atoms with Gasteiger partial charge in [-0.05, 0) is 60.0 Å². The zero-order chi connectivity index (χ0) is 32.4. The van der Waals surface area contributed by atoms with Gasteiger partial charge in [-0.3, -0.25) is 0 Å². The SMILES string of the molecule is COc1cc(-c2ccc(S(=O)(=O)N3CCOCC3)cc2)c(C)cc1Nc1ncc(F)c(Nc2ccccc2S(=O)(=O)N(C)C)n1. The molecule has 5 rings (SSSR count). The van der Waals surface area contributed by atoms with E-state index in [9.17, 15) is 21.2 Å². The normalized spacial score (nSPS) is 14.4. The highest BCUT2D eigenvalue weighted by molar-refractivity contribution is 7.89. The van der Waals surface area contributed by atoms with E-state index in [0.717, 1.165) is 27.2 Å². The van der Waals surface area contributed by atoms with Crippen molar-refractivity contribution in [2.75, 3.05) is 58.1 Å². The standard InChI is InChI=1S/C30H33FN6O6S2/c1-20-17-26(27(42-4)18-23(20)21-9-11-22(12-10-21)44(38,39)37-13-15-43-16-14-37)34-30-32-19-24(31)29(35-30)33-25-7-5-6-8-28(25)45(40,41)36(2)3/h5-12,17-19H,13-16H2,1-4H3,(H2,32,33,34,35). The number of hydrogen-bond donors (Lipinski definition) is 2. The van der Waals surface area contributed by atoms with Gasteiger partial charge in [0.25, 0.3) is 0 Å². The van der Waals surface area contributed by atoms with Gasteiger partial charge in [0.15, 0.2) is 11.6 Å². The van der Waals surface area contributed by atoms with Crippen LogP contribution in [0.2, 0.25) is 0 Å². The van der Waals surface area contributed by atoms with Crippen molar-refractivity contribution >= 4 is 43.2 Å². The van der Waals surface area contributed by atoms with Gasteiger partial charge in [-0.2, -0.15) is 9.29 Å². The lowest BCUT2D eigenvalue weighted by atomic mass is 9.99. The molecule has 0 radical (unpaired) electrons. The highest BCUT2D eigenvalue weighted by Crippen LogP contribution is 2.36. The number of aromatic nitrogens is 2. The fourth-order valence-corrected chi connectivity index (χ4v) is 7.21. The maximum absolute atomic E-state index is 14.8. The Balaban J connectivity index is 1.40. The molecule has 1 aliphatic heterocycles.